The van der Waals surface area contributed by atoms with E-state index < -0.39 is 24.0 Å². The summed E-state index contributed by atoms with van der Waals surface area (Å²) in [6.07, 6.45) is 0.918. The molecule has 0 aliphatic carbocycles. The van der Waals surface area contributed by atoms with Gasteiger partial charge in [-0.25, -0.2) is 0 Å². The molecule has 2 N–H and O–H groups in total. The number of hydrogen-bond acceptors (Lipinski definition) is 10. The molecular weight excluding hydrogens is 671 g/mol. The zero-order valence-electron chi connectivity index (χ0n) is 28.7. The van der Waals surface area contributed by atoms with E-state index in [9.17, 15) is 34.8 Å². The van der Waals surface area contributed by atoms with Crippen molar-refractivity contribution in [2.24, 2.45) is 11.8 Å². The molecule has 3 aromatic rings. The van der Waals surface area contributed by atoms with Crippen molar-refractivity contribution < 1.29 is 98.7 Å². The van der Waals surface area contributed by atoms with E-state index in [-0.39, 0.29) is 94.7 Å². The Morgan fingerprint density at radius 2 is 1.40 bits per heavy atom. The molecule has 0 saturated carbocycles. The van der Waals surface area contributed by atoms with Crippen molar-refractivity contribution in [3.63, 3.8) is 0 Å². The van der Waals surface area contributed by atoms with Gasteiger partial charge in [0.1, 0.15) is 11.5 Å². The van der Waals surface area contributed by atoms with E-state index in [0.717, 1.165) is 33.9 Å². The van der Waals surface area contributed by atoms with E-state index >= 15 is 0 Å². The predicted molar refractivity (Wildman–Crippen MR) is 177 cm³/mol. The Morgan fingerprint density at radius 3 is 1.96 bits per heavy atom. The molecule has 0 bridgehead atoms. The first-order valence-electron chi connectivity index (χ1n) is 15.5. The van der Waals surface area contributed by atoms with Crippen LogP contribution in [0.25, 0.3) is 0 Å². The van der Waals surface area contributed by atoms with Crippen LogP contribution in [0.1, 0.15) is 91.8 Å². The van der Waals surface area contributed by atoms with E-state index in [1.54, 1.807) is 43.0 Å². The maximum Gasteiger partial charge on any atom is 1.00 e. The molecule has 0 saturated heterocycles. The minimum absolute atomic E-state index is 0. The van der Waals surface area contributed by atoms with E-state index in [0.29, 0.717) is 35.5 Å². The summed E-state index contributed by atoms with van der Waals surface area (Å²) in [6.45, 7) is 7.44. The number of ketones is 1. The Labute approximate surface area is 336 Å². The number of thioether (sulfide) groups is 2. The number of carboxylic acids is 2. The molecule has 0 spiro atoms. The number of hydrogen-bond donors (Lipinski definition) is 2. The van der Waals surface area contributed by atoms with Crippen molar-refractivity contribution >= 4 is 41.2 Å². The molecule has 0 amide bonds. The minimum atomic E-state index is -1.21. The molecule has 0 fully saturated rings. The fraction of sp³-hybridized carbons (Fsp3) is 0.417. The van der Waals surface area contributed by atoms with Gasteiger partial charge in [-0.2, -0.15) is 0 Å². The second kappa shape index (κ2) is 22.4. The molecule has 0 aliphatic heterocycles. The number of aliphatic carboxylic acids is 2. The van der Waals surface area contributed by atoms with Gasteiger partial charge in [-0.05, 0) is 92.0 Å². The Morgan fingerprint density at radius 1 is 0.833 bits per heavy atom. The molecule has 0 aliphatic rings. The molecule has 0 heterocycles. The van der Waals surface area contributed by atoms with Gasteiger partial charge >= 0.3 is 59.1 Å². The molecule has 0 radical (unpaired) electrons. The summed E-state index contributed by atoms with van der Waals surface area (Å²) in [4.78, 5) is 36.1. The average molecular weight is 713 g/mol. The molecule has 12 heteroatoms. The number of carbonyl (C=O) groups excluding carboxylic acids is 3. The zero-order chi connectivity index (χ0) is 33.8. The summed E-state index contributed by atoms with van der Waals surface area (Å²) >= 11 is 3.21. The molecule has 4 atom stereocenters. The molecule has 8 nitrogen and oxygen atoms in total. The van der Waals surface area contributed by atoms with Crippen LogP contribution in [-0.2, 0) is 16.0 Å². The number of benzene rings is 3. The summed E-state index contributed by atoms with van der Waals surface area (Å²) in [5.74, 6) is -1.82. The van der Waals surface area contributed by atoms with Crippen molar-refractivity contribution in [2.45, 2.75) is 80.9 Å². The molecule has 4 unspecified atom stereocenters. The summed E-state index contributed by atoms with van der Waals surface area (Å²) in [7, 11) is 0. The van der Waals surface area contributed by atoms with Crippen molar-refractivity contribution in [3.05, 3.63) is 82.9 Å². The van der Waals surface area contributed by atoms with Gasteiger partial charge in [-0.1, -0.05) is 51.5 Å². The summed E-state index contributed by atoms with van der Waals surface area (Å²) in [5, 5.41) is 43.3. The van der Waals surface area contributed by atoms with Crippen molar-refractivity contribution in [2.75, 3.05) is 12.4 Å². The van der Waals surface area contributed by atoms with Gasteiger partial charge in [-0.15, -0.1) is 23.5 Å². The number of carboxylic acid groups (broad SMARTS) is 2. The van der Waals surface area contributed by atoms with Crippen molar-refractivity contribution in [3.8, 4) is 11.5 Å². The molecule has 3 rings (SSSR count). The quantitative estimate of drug-likeness (QED) is 0.0725. The van der Waals surface area contributed by atoms with Crippen LogP contribution in [0.15, 0.2) is 70.5 Å². The Kier molecular flexibility index (Phi) is 20.8. The zero-order valence-corrected chi connectivity index (χ0v) is 34.3. The molecule has 48 heavy (non-hydrogen) atoms. The first kappa shape index (κ1) is 44.6. The number of aliphatic hydroxyl groups excluding tert-OH is 1. The fourth-order valence-corrected chi connectivity index (χ4v) is 7.22. The third kappa shape index (κ3) is 13.7. The fourth-order valence-electron chi connectivity index (χ4n) is 5.19. The van der Waals surface area contributed by atoms with Gasteiger partial charge < -0.3 is 34.8 Å². The van der Waals surface area contributed by atoms with Crippen LogP contribution in [0.5, 0.6) is 11.5 Å². The first-order chi connectivity index (χ1) is 21.9. The summed E-state index contributed by atoms with van der Waals surface area (Å²) in [5.41, 5.74) is 2.56. The molecule has 0 aromatic heterocycles. The number of ether oxygens (including phenoxy) is 1. The maximum atomic E-state index is 11.8. The smallest absolute Gasteiger partial charge is 0.550 e. The third-order valence-electron chi connectivity index (χ3n) is 7.66. The molecule has 3 aromatic carbocycles. The van der Waals surface area contributed by atoms with Gasteiger partial charge in [0.25, 0.3) is 0 Å². The summed E-state index contributed by atoms with van der Waals surface area (Å²) in [6, 6.07) is 18.7. The van der Waals surface area contributed by atoms with Crippen LogP contribution in [-0.4, -0.2) is 40.3 Å². The van der Waals surface area contributed by atoms with Crippen LogP contribution in [0, 0.1) is 11.8 Å². The van der Waals surface area contributed by atoms with E-state index in [1.165, 1.54) is 18.7 Å². The normalized spacial score (nSPS) is 13.3. The second-order valence-electron chi connectivity index (χ2n) is 11.5. The Balaban J connectivity index is 0.00000576. The van der Waals surface area contributed by atoms with Crippen molar-refractivity contribution in [1.82, 2.24) is 0 Å². The number of aliphatic hydroxyl groups is 1. The second-order valence-corrected chi connectivity index (χ2v) is 13.9. The van der Waals surface area contributed by atoms with Crippen LogP contribution in [0.2, 0.25) is 0 Å². The number of phenolic OH excluding ortho intramolecular Hbond substituents is 1. The van der Waals surface area contributed by atoms with Gasteiger partial charge in [0.2, 0.25) is 0 Å². The third-order valence-corrected chi connectivity index (χ3v) is 10.3. The Hall–Kier alpha value is -1.47. The van der Waals surface area contributed by atoms with Gasteiger partial charge in [0, 0.05) is 38.3 Å². The van der Waals surface area contributed by atoms with Gasteiger partial charge in [0.15, 0.2) is 5.78 Å². The Bertz CT molecular complexity index is 1470. The van der Waals surface area contributed by atoms with Crippen LogP contribution in [0.4, 0.5) is 0 Å². The minimum Gasteiger partial charge on any atom is -0.550 e. The SMILES string of the molecule is CCCc1c(OCCCSc2ccc(C(Sc3ccc(C(O)C(C)CC(=O)[O-])cc3)C(C)CC(=O)[O-])cc2)ccc(C(C)=O)c1O.[Na+].[Na+]. The maximum absolute atomic E-state index is 11.8. The van der Waals surface area contributed by atoms with E-state index in [4.69, 9.17) is 4.74 Å². The monoisotopic (exact) mass is 712 g/mol. The number of Topliss-reactive ketones (excluding diaryl/α,β-unsaturated/α-hetero) is 1. The molecular formula is C36H42Na2O8S2. The van der Waals surface area contributed by atoms with Crippen LogP contribution in [0.3, 0.4) is 0 Å². The number of carbonyl (C=O) groups is 3. The first-order valence-corrected chi connectivity index (χ1v) is 17.3. The largest absolute Gasteiger partial charge is 1.00 e. The number of aromatic hydroxyl groups is 1. The van der Waals surface area contributed by atoms with Crippen LogP contribution < -0.4 is 74.1 Å². The average Bonchev–Trinajstić information content (AvgIpc) is 3.00. The molecule has 248 valence electrons. The standard InChI is InChI=1S/C36H44O8S2.2Na/c1-5-7-30-31(17-16-29(24(4)37)35(30)43)44-18-6-19-45-27-12-10-26(11-13-27)36(23(3)21-33(40)41)46-28-14-8-25(9-15-28)34(42)22(2)20-32(38)39;;/h8-17,22-23,34,36,42-43H,5-7,18-21H2,1-4H3,(H,38,39)(H,40,41);;/q;2*+1/p-2. The number of rotatable bonds is 19. The number of phenols is 1. The van der Waals surface area contributed by atoms with Crippen molar-refractivity contribution in [1.29, 1.82) is 0 Å². The van der Waals surface area contributed by atoms with Crippen LogP contribution >= 0.6 is 23.5 Å². The predicted octanol–water partition coefficient (Wildman–Crippen LogP) is -0.464. The van der Waals surface area contributed by atoms with Gasteiger partial charge in [-0.3, -0.25) is 4.79 Å². The van der Waals surface area contributed by atoms with E-state index in [2.05, 4.69) is 0 Å². The van der Waals surface area contributed by atoms with E-state index in [1.807, 2.05) is 50.2 Å². The summed E-state index contributed by atoms with van der Waals surface area (Å²) < 4.78 is 5.98. The van der Waals surface area contributed by atoms with Gasteiger partial charge in [0.05, 0.1) is 18.3 Å². The topological polar surface area (TPSA) is 147 Å².